The molecule has 0 aliphatic carbocycles. The van der Waals surface area contributed by atoms with Gasteiger partial charge in [0.1, 0.15) is 17.5 Å². The molecule has 1 aromatic heterocycles. The van der Waals surface area contributed by atoms with Crippen molar-refractivity contribution in [3.05, 3.63) is 78.0 Å². The number of hydrogen-bond donors (Lipinski definition) is 9. The molecule has 4 heterocycles. The fourth-order valence-corrected chi connectivity index (χ4v) is 10.1. The minimum absolute atomic E-state index is 0.0288. The summed E-state index contributed by atoms with van der Waals surface area (Å²) in [5, 5.41) is 22.0. The van der Waals surface area contributed by atoms with Crippen LogP contribution in [0, 0.1) is 5.92 Å². The van der Waals surface area contributed by atoms with Gasteiger partial charge in [-0.2, -0.15) is 0 Å². The molecule has 25 nitrogen and oxygen atoms in total. The Morgan fingerprint density at radius 3 is 2.19 bits per heavy atom. The Morgan fingerprint density at radius 2 is 1.48 bits per heavy atom. The molecule has 3 aliphatic rings. The normalized spacial score (nSPS) is 15.9. The van der Waals surface area contributed by atoms with Gasteiger partial charge in [-0.3, -0.25) is 48.6 Å². The predicted octanol–water partition coefficient (Wildman–Crippen LogP) is 1.76. The number of halogens is 1. The number of H-pyrrole nitrogens is 1. The lowest BCUT2D eigenvalue weighted by Crippen LogP contribution is -2.55. The van der Waals surface area contributed by atoms with E-state index in [0.717, 1.165) is 46.5 Å². The molecule has 3 aromatic carbocycles. The van der Waals surface area contributed by atoms with Gasteiger partial charge in [0.25, 0.3) is 17.7 Å². The molecule has 3 atom stereocenters. The average molecular weight is 1190 g/mol. The fourth-order valence-electron chi connectivity index (χ4n) is 9.58. The van der Waals surface area contributed by atoms with E-state index in [1.807, 2.05) is 31.3 Å². The molecule has 0 spiro atoms. The lowest BCUT2D eigenvalue weighted by Gasteiger charge is -2.31. The molecular formula is C55H70BrN13O12. The number of nitrogens with two attached hydrogens (primary N) is 1. The van der Waals surface area contributed by atoms with Crippen molar-refractivity contribution in [3.8, 4) is 5.75 Å². The summed E-state index contributed by atoms with van der Waals surface area (Å²) in [4.78, 5) is 137. The second-order valence-electron chi connectivity index (χ2n) is 20.2. The van der Waals surface area contributed by atoms with Crippen LogP contribution in [0.1, 0.15) is 61.5 Å². The third-order valence-electron chi connectivity index (χ3n) is 13.9. The van der Waals surface area contributed by atoms with E-state index < -0.39 is 53.7 Å². The van der Waals surface area contributed by atoms with E-state index in [1.54, 1.807) is 54.0 Å². The molecule has 4 aromatic rings. The Morgan fingerprint density at radius 1 is 0.790 bits per heavy atom. The third kappa shape index (κ3) is 16.6. The van der Waals surface area contributed by atoms with E-state index in [1.165, 1.54) is 0 Å². The summed E-state index contributed by atoms with van der Waals surface area (Å²) in [6.45, 7) is 6.90. The molecule has 26 heteroatoms. The maximum Gasteiger partial charge on any atom is 0.415 e. The second-order valence-corrected chi connectivity index (χ2v) is 20.8. The van der Waals surface area contributed by atoms with Crippen molar-refractivity contribution in [2.45, 2.75) is 57.5 Å². The zero-order chi connectivity index (χ0) is 58.2. The van der Waals surface area contributed by atoms with Crippen molar-refractivity contribution >= 4 is 108 Å². The molecule has 3 aliphatic heterocycles. The molecular weight excluding hydrogens is 1110 g/mol. The van der Waals surface area contributed by atoms with Crippen LogP contribution < -0.4 is 52.6 Å². The number of piperazine rings is 1. The number of anilines is 2. The Hall–Kier alpha value is -7.94. The largest absolute Gasteiger partial charge is 0.415 e. The van der Waals surface area contributed by atoms with Crippen LogP contribution >= 0.6 is 15.9 Å². The van der Waals surface area contributed by atoms with Gasteiger partial charge in [0.05, 0.1) is 31.5 Å². The summed E-state index contributed by atoms with van der Waals surface area (Å²) in [5.74, 6) is -3.50. The quantitative estimate of drug-likeness (QED) is 0.0234. The molecule has 0 saturated carbocycles. The average Bonchev–Trinajstić information content (AvgIpc) is 4.37. The Balaban J connectivity index is 0.896. The van der Waals surface area contributed by atoms with Gasteiger partial charge in [-0.15, -0.1) is 0 Å². The molecule has 81 heavy (non-hydrogen) atoms. The number of imide groups is 1. The maximum atomic E-state index is 14.5. The highest BCUT2D eigenvalue weighted by atomic mass is 79.9. The van der Waals surface area contributed by atoms with Gasteiger partial charge in [-0.1, -0.05) is 54.0 Å². The number of urea groups is 1. The lowest BCUT2D eigenvalue weighted by molar-refractivity contribution is -0.137. The first kappa shape index (κ1) is 60.7. The number of rotatable bonds is 27. The smallest absolute Gasteiger partial charge is 0.409 e. The van der Waals surface area contributed by atoms with Crippen LogP contribution in [0.4, 0.5) is 21.0 Å². The van der Waals surface area contributed by atoms with E-state index in [-0.39, 0.29) is 108 Å². The Labute approximate surface area is 476 Å². The molecule has 1 saturated heterocycles. The number of amides is 11. The minimum Gasteiger partial charge on any atom is -0.409 e. The molecule has 434 valence electrons. The highest BCUT2D eigenvalue weighted by Gasteiger charge is 2.37. The topological polar surface area (TPSA) is 328 Å². The number of aromatic amines is 1. The van der Waals surface area contributed by atoms with Gasteiger partial charge in [0.15, 0.2) is 0 Å². The minimum atomic E-state index is -1.09. The zero-order valence-electron chi connectivity index (χ0n) is 45.5. The van der Waals surface area contributed by atoms with Crippen LogP contribution in [0.5, 0.6) is 5.75 Å². The number of nitrogens with zero attached hydrogens (tertiary/aromatic N) is 4. The molecule has 10 N–H and O–H groups in total. The highest BCUT2D eigenvalue weighted by Crippen LogP contribution is 2.46. The van der Waals surface area contributed by atoms with Crippen molar-refractivity contribution in [2.75, 3.05) is 108 Å². The summed E-state index contributed by atoms with van der Waals surface area (Å²) in [6, 6.07) is 13.5. The number of alkyl halides is 1. The lowest BCUT2D eigenvalue weighted by atomic mass is 9.95. The predicted molar refractivity (Wildman–Crippen MR) is 305 cm³/mol. The second kappa shape index (κ2) is 29.0. The van der Waals surface area contributed by atoms with E-state index in [2.05, 4.69) is 63.0 Å². The molecule has 11 amide bonds. The van der Waals surface area contributed by atoms with Gasteiger partial charge < -0.3 is 66.8 Å². The van der Waals surface area contributed by atoms with E-state index in [9.17, 15) is 47.9 Å². The van der Waals surface area contributed by atoms with E-state index >= 15 is 0 Å². The van der Waals surface area contributed by atoms with Crippen LogP contribution in [0.15, 0.2) is 66.7 Å². The van der Waals surface area contributed by atoms with Crippen LogP contribution in [0.2, 0.25) is 0 Å². The van der Waals surface area contributed by atoms with Gasteiger partial charge in [0, 0.05) is 130 Å². The summed E-state index contributed by atoms with van der Waals surface area (Å²) >= 11 is 3.67. The van der Waals surface area contributed by atoms with Gasteiger partial charge in [-0.25, -0.2) is 9.59 Å². The SMILES string of the molecule is CC(C)[C@H](NCC(=O)NCCNC(=O)CCOCCNC(=O)CCN1C(=O)C=CC1=O)C(=O)N[C@@H](CCCNC(N)=O)C(=O)Nc1ccc2[nH]c(C(=O)N3C[C@@H](CBr)c4c3cc(OC(=O)N3CCN(C)CC3)c3ccccc43)cc2c1. The molecule has 0 bridgehead atoms. The number of carbonyl (C=O) groups is 10. The number of ether oxygens (including phenoxy) is 2. The number of aromatic nitrogens is 1. The summed E-state index contributed by atoms with van der Waals surface area (Å²) in [7, 11) is 2.01. The first-order chi connectivity index (χ1) is 38.9. The van der Waals surface area contributed by atoms with Crippen LogP contribution in [-0.4, -0.2) is 189 Å². The van der Waals surface area contributed by atoms with Crippen molar-refractivity contribution < 1.29 is 57.4 Å². The van der Waals surface area contributed by atoms with Crippen LogP contribution in [0.3, 0.4) is 0 Å². The van der Waals surface area contributed by atoms with Crippen molar-refractivity contribution in [3.63, 3.8) is 0 Å². The molecule has 0 unspecified atom stereocenters. The first-order valence-electron chi connectivity index (χ1n) is 26.9. The monoisotopic (exact) mass is 1180 g/mol. The van der Waals surface area contributed by atoms with Crippen LogP contribution in [0.25, 0.3) is 21.7 Å². The number of benzene rings is 3. The number of hydrogen-bond acceptors (Lipinski definition) is 14. The standard InChI is InChI=1S/C55H70BrN13O12/c1-33(2)50(62-31-46(72)59-18-17-58-45(71)15-25-80-26-19-60-44(70)14-20-68-47(73)12-13-48(68)74)52(76)65-40(9-6-16-61-54(57)78)51(75)63-36-10-11-39-34(27-36)28-41(64-39)53(77)69-32-35(30-56)49-38-8-5-4-7-37(38)43(29-42(49)69)81-55(79)67-23-21-66(3)22-24-67/h4-5,7-8,10-13,27-29,33,35,40,50,62,64H,6,9,14-26,30-32H2,1-3H3,(H,58,71)(H,59,72)(H,60,70)(H,63,75)(H,65,76)(H3,57,61,78)/t35-,40+,50+/m1/s1. The number of primary amides is 1. The van der Waals surface area contributed by atoms with Crippen molar-refractivity contribution in [1.29, 1.82) is 0 Å². The Kier molecular flexibility index (Phi) is 21.7. The zero-order valence-corrected chi connectivity index (χ0v) is 47.1. The summed E-state index contributed by atoms with van der Waals surface area (Å²) < 4.78 is 11.5. The van der Waals surface area contributed by atoms with E-state index in [4.69, 9.17) is 15.2 Å². The number of fused-ring (bicyclic) bond motifs is 4. The van der Waals surface area contributed by atoms with Crippen molar-refractivity contribution in [1.82, 2.24) is 51.6 Å². The molecule has 7 rings (SSSR count). The van der Waals surface area contributed by atoms with Gasteiger partial charge >= 0.3 is 12.1 Å². The Bertz CT molecular complexity index is 3010. The summed E-state index contributed by atoms with van der Waals surface area (Å²) in [6.07, 6.45) is 2.20. The molecule has 0 radical (unpaired) electrons. The van der Waals surface area contributed by atoms with Gasteiger partial charge in [-0.05, 0) is 61.0 Å². The number of carbonyl (C=O) groups excluding carboxylic acids is 10. The summed E-state index contributed by atoms with van der Waals surface area (Å²) in [5.41, 5.74) is 8.16. The van der Waals surface area contributed by atoms with E-state index in [0.29, 0.717) is 58.7 Å². The molecule has 1 fully saturated rings. The van der Waals surface area contributed by atoms with Crippen molar-refractivity contribution in [2.24, 2.45) is 11.7 Å². The fraction of sp³-hybridized carbons (Fsp3) is 0.455. The maximum absolute atomic E-state index is 14.5. The number of nitrogens with one attached hydrogen (secondary N) is 8. The third-order valence-corrected chi connectivity index (χ3v) is 14.7. The number of likely N-dealkylation sites (N-methyl/N-ethyl adjacent to an activating group) is 1. The van der Waals surface area contributed by atoms with Crippen LogP contribution in [-0.2, 0) is 38.3 Å². The first-order valence-corrected chi connectivity index (χ1v) is 28.0. The van der Waals surface area contributed by atoms with Gasteiger partial charge in [0.2, 0.25) is 29.5 Å². The highest BCUT2D eigenvalue weighted by molar-refractivity contribution is 9.09.